The second kappa shape index (κ2) is 5.13. The van der Waals surface area contributed by atoms with Gasteiger partial charge in [0, 0.05) is 37.1 Å². The van der Waals surface area contributed by atoms with Crippen LogP contribution in [0.3, 0.4) is 0 Å². The molecule has 0 spiro atoms. The van der Waals surface area contributed by atoms with Crippen molar-refractivity contribution in [3.63, 3.8) is 0 Å². The summed E-state index contributed by atoms with van der Waals surface area (Å²) in [6.07, 6.45) is 1.42. The Bertz CT molecular complexity index is 774. The van der Waals surface area contributed by atoms with Gasteiger partial charge in [0.15, 0.2) is 5.78 Å². The van der Waals surface area contributed by atoms with Gasteiger partial charge in [0.25, 0.3) is 0 Å². The van der Waals surface area contributed by atoms with Gasteiger partial charge in [0.05, 0.1) is 5.41 Å². The molecule has 0 bridgehead atoms. The fourth-order valence-electron chi connectivity index (χ4n) is 3.12. The van der Waals surface area contributed by atoms with Gasteiger partial charge in [-0.3, -0.25) is 9.59 Å². The smallest absolute Gasteiger partial charge is 0.248 e. The molecule has 4 heteroatoms. The largest absolute Gasteiger partial charge is 0.378 e. The van der Waals surface area contributed by atoms with E-state index in [2.05, 4.69) is 4.98 Å². The van der Waals surface area contributed by atoms with Crippen molar-refractivity contribution in [3.8, 4) is 0 Å². The van der Waals surface area contributed by atoms with Gasteiger partial charge in [-0.1, -0.05) is 12.1 Å². The van der Waals surface area contributed by atoms with Crippen molar-refractivity contribution >= 4 is 11.5 Å². The average Bonchev–Trinajstić information content (AvgIpc) is 2.51. The zero-order chi connectivity index (χ0) is 15.9. The van der Waals surface area contributed by atoms with Gasteiger partial charge in [-0.2, -0.15) is 0 Å². The SMILES string of the molecule is CN(C)c1ccc(C2(C)CCc3[nH]c(=O)ccc3C2=O)cc1. The van der Waals surface area contributed by atoms with E-state index in [-0.39, 0.29) is 11.3 Å². The van der Waals surface area contributed by atoms with Gasteiger partial charge in [-0.05, 0) is 43.5 Å². The summed E-state index contributed by atoms with van der Waals surface area (Å²) >= 11 is 0. The zero-order valence-corrected chi connectivity index (χ0v) is 13.1. The number of hydrogen-bond donors (Lipinski definition) is 1. The number of aromatic nitrogens is 1. The number of fused-ring (bicyclic) bond motifs is 1. The summed E-state index contributed by atoms with van der Waals surface area (Å²) in [6.45, 7) is 1.99. The lowest BCUT2D eigenvalue weighted by Crippen LogP contribution is -2.38. The average molecular weight is 296 g/mol. The van der Waals surface area contributed by atoms with Gasteiger partial charge in [-0.25, -0.2) is 0 Å². The fourth-order valence-corrected chi connectivity index (χ4v) is 3.12. The highest BCUT2D eigenvalue weighted by Crippen LogP contribution is 2.37. The number of benzene rings is 1. The number of carbonyl (C=O) groups is 1. The number of pyridine rings is 1. The Balaban J connectivity index is 2.02. The first kappa shape index (κ1) is 14.6. The van der Waals surface area contributed by atoms with Crippen LogP contribution in [-0.2, 0) is 11.8 Å². The summed E-state index contributed by atoms with van der Waals surface area (Å²) in [4.78, 5) is 29.2. The molecule has 1 atom stereocenters. The third kappa shape index (κ3) is 2.25. The fraction of sp³-hybridized carbons (Fsp3) is 0.333. The van der Waals surface area contributed by atoms with Crippen LogP contribution in [0.2, 0.25) is 0 Å². The number of hydrogen-bond acceptors (Lipinski definition) is 3. The minimum atomic E-state index is -0.532. The molecule has 3 rings (SSSR count). The van der Waals surface area contributed by atoms with E-state index in [1.807, 2.05) is 50.2 Å². The predicted octanol–water partition coefficient (Wildman–Crippen LogP) is 2.53. The van der Waals surface area contributed by atoms with E-state index in [9.17, 15) is 9.59 Å². The Morgan fingerprint density at radius 3 is 2.36 bits per heavy atom. The summed E-state index contributed by atoms with van der Waals surface area (Å²) < 4.78 is 0. The Kier molecular flexibility index (Phi) is 3.39. The number of H-pyrrole nitrogens is 1. The van der Waals surface area contributed by atoms with Crippen LogP contribution in [0.1, 0.15) is 35.0 Å². The van der Waals surface area contributed by atoms with E-state index >= 15 is 0 Å². The molecule has 1 heterocycles. The first-order valence-electron chi connectivity index (χ1n) is 7.47. The summed E-state index contributed by atoms with van der Waals surface area (Å²) in [5, 5.41) is 0. The molecule has 2 aromatic rings. The number of rotatable bonds is 2. The molecule has 1 aromatic carbocycles. The molecule has 1 aliphatic carbocycles. The predicted molar refractivity (Wildman–Crippen MR) is 87.8 cm³/mol. The lowest BCUT2D eigenvalue weighted by atomic mass is 9.69. The minimum Gasteiger partial charge on any atom is -0.378 e. The third-order valence-corrected chi connectivity index (χ3v) is 4.64. The molecule has 0 aliphatic heterocycles. The molecule has 1 aromatic heterocycles. The van der Waals surface area contributed by atoms with E-state index in [0.29, 0.717) is 18.4 Å². The lowest BCUT2D eigenvalue weighted by molar-refractivity contribution is 0.0874. The lowest BCUT2D eigenvalue weighted by Gasteiger charge is -2.33. The zero-order valence-electron chi connectivity index (χ0n) is 13.1. The second-order valence-electron chi connectivity index (χ2n) is 6.32. The third-order valence-electron chi connectivity index (χ3n) is 4.64. The van der Waals surface area contributed by atoms with Crippen molar-refractivity contribution in [1.29, 1.82) is 0 Å². The number of aryl methyl sites for hydroxylation is 1. The summed E-state index contributed by atoms with van der Waals surface area (Å²) in [5.74, 6) is 0.0857. The van der Waals surface area contributed by atoms with Gasteiger partial charge in [-0.15, -0.1) is 0 Å². The van der Waals surface area contributed by atoms with Crippen molar-refractivity contribution in [1.82, 2.24) is 4.98 Å². The van der Waals surface area contributed by atoms with E-state index in [4.69, 9.17) is 0 Å². The van der Waals surface area contributed by atoms with Gasteiger partial charge in [0.2, 0.25) is 5.56 Å². The quantitative estimate of drug-likeness (QED) is 0.926. The van der Waals surface area contributed by atoms with E-state index in [1.165, 1.54) is 6.07 Å². The topological polar surface area (TPSA) is 53.2 Å². The monoisotopic (exact) mass is 296 g/mol. The maximum absolute atomic E-state index is 12.9. The number of carbonyl (C=O) groups excluding carboxylic acids is 1. The van der Waals surface area contributed by atoms with Crippen LogP contribution in [0.25, 0.3) is 0 Å². The second-order valence-corrected chi connectivity index (χ2v) is 6.32. The first-order chi connectivity index (χ1) is 10.4. The van der Waals surface area contributed by atoms with E-state index in [1.54, 1.807) is 6.07 Å². The molecule has 1 N–H and O–H groups in total. The van der Waals surface area contributed by atoms with Crippen molar-refractivity contribution in [3.05, 3.63) is 63.6 Å². The molecule has 0 amide bonds. The number of aromatic amines is 1. The Morgan fingerprint density at radius 2 is 1.73 bits per heavy atom. The molecule has 0 fully saturated rings. The molecule has 1 aliphatic rings. The van der Waals surface area contributed by atoms with Crippen molar-refractivity contribution in [2.24, 2.45) is 0 Å². The minimum absolute atomic E-state index is 0.0857. The molecule has 114 valence electrons. The van der Waals surface area contributed by atoms with Crippen LogP contribution in [0.5, 0.6) is 0 Å². The molecule has 0 saturated heterocycles. The van der Waals surface area contributed by atoms with Crippen molar-refractivity contribution < 1.29 is 4.79 Å². The van der Waals surface area contributed by atoms with Crippen molar-refractivity contribution in [2.45, 2.75) is 25.2 Å². The highest BCUT2D eigenvalue weighted by Gasteiger charge is 2.40. The van der Waals surface area contributed by atoms with E-state index in [0.717, 1.165) is 16.9 Å². The van der Waals surface area contributed by atoms with Crippen LogP contribution in [-0.4, -0.2) is 24.9 Å². The van der Waals surface area contributed by atoms with E-state index < -0.39 is 5.41 Å². The van der Waals surface area contributed by atoms with Crippen LogP contribution in [0.4, 0.5) is 5.69 Å². The maximum atomic E-state index is 12.9. The summed E-state index contributed by atoms with van der Waals surface area (Å²) in [6, 6.07) is 11.2. The first-order valence-corrected chi connectivity index (χ1v) is 7.47. The molecule has 4 nitrogen and oxygen atoms in total. The van der Waals surface area contributed by atoms with Crippen LogP contribution >= 0.6 is 0 Å². The highest BCUT2D eigenvalue weighted by atomic mass is 16.1. The number of nitrogens with zero attached hydrogens (tertiary/aromatic N) is 1. The molecule has 0 radical (unpaired) electrons. The molecule has 22 heavy (non-hydrogen) atoms. The van der Waals surface area contributed by atoms with Gasteiger partial charge >= 0.3 is 0 Å². The molecule has 0 saturated carbocycles. The number of anilines is 1. The normalized spacial score (nSPS) is 20.6. The van der Waals surface area contributed by atoms with Gasteiger partial charge in [0.1, 0.15) is 0 Å². The summed E-state index contributed by atoms with van der Waals surface area (Å²) in [7, 11) is 3.99. The maximum Gasteiger partial charge on any atom is 0.248 e. The highest BCUT2D eigenvalue weighted by molar-refractivity contribution is 6.05. The Hall–Kier alpha value is -2.36. The van der Waals surface area contributed by atoms with Crippen LogP contribution < -0.4 is 10.5 Å². The number of nitrogens with one attached hydrogen (secondary N) is 1. The Morgan fingerprint density at radius 1 is 1.05 bits per heavy atom. The summed E-state index contributed by atoms with van der Waals surface area (Å²) in [5.41, 5.74) is 2.87. The van der Waals surface area contributed by atoms with Gasteiger partial charge < -0.3 is 9.88 Å². The molecular formula is C18H20N2O2. The van der Waals surface area contributed by atoms with Crippen LogP contribution in [0, 0.1) is 0 Å². The molecule has 1 unspecified atom stereocenters. The number of ketones is 1. The standard InChI is InChI=1S/C18H20N2O2/c1-18(12-4-6-13(7-5-12)20(2)3)11-10-15-14(17(18)22)8-9-16(21)19-15/h4-9H,10-11H2,1-3H3,(H,19,21). The Labute approximate surface area is 129 Å². The number of Topliss-reactive ketones (excluding diaryl/α,β-unsaturated/α-hetero) is 1. The van der Waals surface area contributed by atoms with Crippen LogP contribution in [0.15, 0.2) is 41.2 Å². The molecular weight excluding hydrogens is 276 g/mol. The van der Waals surface area contributed by atoms with Crippen molar-refractivity contribution in [2.75, 3.05) is 19.0 Å².